The standard InChI is InChI=1S/C16H26N2O2/c1-3-13-8-10-16(19,11-9-13)12-17-14-6-5-7-15(18-14)20-4-2/h5-7,13,19H,3-4,8-12H2,1-2H3,(H,17,18). The lowest BCUT2D eigenvalue weighted by molar-refractivity contribution is 0.00222. The molecule has 0 unspecified atom stereocenters. The molecule has 2 rings (SSSR count). The highest BCUT2D eigenvalue weighted by molar-refractivity contribution is 5.37. The summed E-state index contributed by atoms with van der Waals surface area (Å²) in [6.07, 6.45) is 5.23. The van der Waals surface area contributed by atoms with Crippen LogP contribution in [0.25, 0.3) is 0 Å². The third kappa shape index (κ3) is 4.10. The van der Waals surface area contributed by atoms with Gasteiger partial charge in [-0.25, -0.2) is 0 Å². The van der Waals surface area contributed by atoms with E-state index < -0.39 is 5.60 Å². The zero-order valence-corrected chi connectivity index (χ0v) is 12.6. The third-order valence-electron chi connectivity index (χ3n) is 4.23. The van der Waals surface area contributed by atoms with Gasteiger partial charge in [-0.3, -0.25) is 0 Å². The van der Waals surface area contributed by atoms with Crippen molar-refractivity contribution in [3.8, 4) is 5.88 Å². The van der Waals surface area contributed by atoms with E-state index in [1.165, 1.54) is 6.42 Å². The van der Waals surface area contributed by atoms with Crippen molar-refractivity contribution in [2.24, 2.45) is 5.92 Å². The fraction of sp³-hybridized carbons (Fsp3) is 0.688. The zero-order valence-electron chi connectivity index (χ0n) is 12.6. The molecule has 1 aromatic heterocycles. The van der Waals surface area contributed by atoms with Crippen molar-refractivity contribution in [2.75, 3.05) is 18.5 Å². The van der Waals surface area contributed by atoms with Crippen LogP contribution in [0.2, 0.25) is 0 Å². The minimum Gasteiger partial charge on any atom is -0.478 e. The predicted octanol–water partition coefficient (Wildman–Crippen LogP) is 3.22. The Morgan fingerprint density at radius 1 is 1.35 bits per heavy atom. The van der Waals surface area contributed by atoms with E-state index in [1.54, 1.807) is 0 Å². The second kappa shape index (κ2) is 6.93. The molecule has 0 spiro atoms. The van der Waals surface area contributed by atoms with Crippen molar-refractivity contribution >= 4 is 5.82 Å². The number of hydrogen-bond acceptors (Lipinski definition) is 4. The molecule has 0 amide bonds. The molecule has 1 aliphatic carbocycles. The van der Waals surface area contributed by atoms with Crippen LogP contribution >= 0.6 is 0 Å². The fourth-order valence-corrected chi connectivity index (χ4v) is 2.80. The smallest absolute Gasteiger partial charge is 0.215 e. The molecule has 1 saturated carbocycles. The maximum absolute atomic E-state index is 10.6. The molecule has 0 aliphatic heterocycles. The molecule has 1 fully saturated rings. The minimum absolute atomic E-state index is 0.562. The van der Waals surface area contributed by atoms with E-state index in [0.29, 0.717) is 19.0 Å². The number of rotatable bonds is 6. The van der Waals surface area contributed by atoms with E-state index in [9.17, 15) is 5.11 Å². The number of anilines is 1. The van der Waals surface area contributed by atoms with Crippen LogP contribution in [-0.4, -0.2) is 28.8 Å². The number of aliphatic hydroxyl groups is 1. The van der Waals surface area contributed by atoms with E-state index in [-0.39, 0.29) is 0 Å². The van der Waals surface area contributed by atoms with Gasteiger partial charge in [0, 0.05) is 12.6 Å². The van der Waals surface area contributed by atoms with Gasteiger partial charge in [0.25, 0.3) is 0 Å². The first kappa shape index (κ1) is 15.1. The van der Waals surface area contributed by atoms with Gasteiger partial charge in [-0.2, -0.15) is 4.98 Å². The van der Waals surface area contributed by atoms with Crippen LogP contribution in [0.15, 0.2) is 18.2 Å². The first-order valence-electron chi connectivity index (χ1n) is 7.71. The Hall–Kier alpha value is -1.29. The molecule has 112 valence electrons. The summed E-state index contributed by atoms with van der Waals surface area (Å²) in [4.78, 5) is 4.36. The van der Waals surface area contributed by atoms with Gasteiger partial charge in [0.2, 0.25) is 5.88 Å². The van der Waals surface area contributed by atoms with Crippen LogP contribution in [0.4, 0.5) is 5.82 Å². The van der Waals surface area contributed by atoms with E-state index in [4.69, 9.17) is 4.74 Å². The lowest BCUT2D eigenvalue weighted by Crippen LogP contribution is -2.40. The summed E-state index contributed by atoms with van der Waals surface area (Å²) in [6.45, 7) is 5.35. The molecule has 0 radical (unpaired) electrons. The van der Waals surface area contributed by atoms with Gasteiger partial charge >= 0.3 is 0 Å². The molecule has 1 aromatic rings. The molecule has 2 N–H and O–H groups in total. The van der Waals surface area contributed by atoms with Crippen LogP contribution in [0.1, 0.15) is 46.0 Å². The third-order valence-corrected chi connectivity index (χ3v) is 4.23. The van der Waals surface area contributed by atoms with E-state index in [2.05, 4.69) is 17.2 Å². The van der Waals surface area contributed by atoms with Gasteiger partial charge in [-0.1, -0.05) is 19.4 Å². The first-order chi connectivity index (χ1) is 9.65. The molecular formula is C16H26N2O2. The molecule has 4 heteroatoms. The highest BCUT2D eigenvalue weighted by Gasteiger charge is 2.32. The minimum atomic E-state index is -0.588. The summed E-state index contributed by atoms with van der Waals surface area (Å²) < 4.78 is 5.38. The topological polar surface area (TPSA) is 54.4 Å². The van der Waals surface area contributed by atoms with Crippen LogP contribution in [0, 0.1) is 5.92 Å². The Morgan fingerprint density at radius 2 is 2.10 bits per heavy atom. The van der Waals surface area contributed by atoms with E-state index in [1.807, 2.05) is 25.1 Å². The summed E-state index contributed by atoms with van der Waals surface area (Å²) in [5.41, 5.74) is -0.588. The quantitative estimate of drug-likeness (QED) is 0.839. The van der Waals surface area contributed by atoms with Crippen molar-refractivity contribution in [1.29, 1.82) is 0 Å². The summed E-state index contributed by atoms with van der Waals surface area (Å²) in [6, 6.07) is 5.66. The van der Waals surface area contributed by atoms with Crippen molar-refractivity contribution in [3.63, 3.8) is 0 Å². The Bertz CT molecular complexity index is 415. The van der Waals surface area contributed by atoms with Crippen LogP contribution in [0.5, 0.6) is 5.88 Å². The Balaban J connectivity index is 1.87. The van der Waals surface area contributed by atoms with Gasteiger partial charge in [-0.15, -0.1) is 0 Å². The predicted molar refractivity (Wildman–Crippen MR) is 81.1 cm³/mol. The number of pyridine rings is 1. The van der Waals surface area contributed by atoms with Gasteiger partial charge in [-0.05, 0) is 44.6 Å². The van der Waals surface area contributed by atoms with E-state index >= 15 is 0 Å². The molecule has 0 bridgehead atoms. The molecular weight excluding hydrogens is 252 g/mol. The largest absolute Gasteiger partial charge is 0.478 e. The van der Waals surface area contributed by atoms with Gasteiger partial charge in [0.05, 0.1) is 12.2 Å². The zero-order chi connectivity index (χ0) is 14.4. The lowest BCUT2D eigenvalue weighted by Gasteiger charge is -2.36. The summed E-state index contributed by atoms with van der Waals surface area (Å²) in [5.74, 6) is 2.18. The number of nitrogens with one attached hydrogen (secondary N) is 1. The highest BCUT2D eigenvalue weighted by Crippen LogP contribution is 2.33. The average molecular weight is 278 g/mol. The van der Waals surface area contributed by atoms with Gasteiger partial charge in [0.1, 0.15) is 5.82 Å². The molecule has 4 nitrogen and oxygen atoms in total. The van der Waals surface area contributed by atoms with Gasteiger partial charge < -0.3 is 15.2 Å². The van der Waals surface area contributed by atoms with Crippen molar-refractivity contribution in [1.82, 2.24) is 4.98 Å². The summed E-state index contributed by atoms with van der Waals surface area (Å²) >= 11 is 0. The van der Waals surface area contributed by atoms with E-state index in [0.717, 1.165) is 37.4 Å². The molecule has 1 heterocycles. The van der Waals surface area contributed by atoms with Gasteiger partial charge in [0.15, 0.2) is 0 Å². The van der Waals surface area contributed by atoms with Crippen LogP contribution in [-0.2, 0) is 0 Å². The Morgan fingerprint density at radius 3 is 2.75 bits per heavy atom. The molecule has 0 saturated heterocycles. The highest BCUT2D eigenvalue weighted by atomic mass is 16.5. The van der Waals surface area contributed by atoms with Crippen molar-refractivity contribution in [3.05, 3.63) is 18.2 Å². The Labute approximate surface area is 121 Å². The summed E-state index contributed by atoms with van der Waals surface area (Å²) in [7, 11) is 0. The molecule has 20 heavy (non-hydrogen) atoms. The number of nitrogens with zero attached hydrogens (tertiary/aromatic N) is 1. The lowest BCUT2D eigenvalue weighted by atomic mass is 9.78. The van der Waals surface area contributed by atoms with Crippen molar-refractivity contribution in [2.45, 2.75) is 51.6 Å². The maximum atomic E-state index is 10.6. The normalized spacial score (nSPS) is 26.2. The molecule has 1 aliphatic rings. The monoisotopic (exact) mass is 278 g/mol. The number of aromatic nitrogens is 1. The van der Waals surface area contributed by atoms with Crippen molar-refractivity contribution < 1.29 is 9.84 Å². The fourth-order valence-electron chi connectivity index (χ4n) is 2.80. The Kier molecular flexibility index (Phi) is 5.24. The molecule has 0 atom stereocenters. The van der Waals surface area contributed by atoms with Crippen LogP contribution in [0.3, 0.4) is 0 Å². The number of hydrogen-bond donors (Lipinski definition) is 2. The molecule has 0 aromatic carbocycles. The maximum Gasteiger partial charge on any atom is 0.215 e. The summed E-state index contributed by atoms with van der Waals surface area (Å²) in [5, 5.41) is 13.8. The first-order valence-corrected chi connectivity index (χ1v) is 7.71. The number of ether oxygens (including phenoxy) is 1. The average Bonchev–Trinajstić information content (AvgIpc) is 2.47. The van der Waals surface area contributed by atoms with Crippen LogP contribution < -0.4 is 10.1 Å². The SMILES string of the molecule is CCOc1cccc(NCC2(O)CCC(CC)CC2)n1. The second-order valence-corrected chi connectivity index (χ2v) is 5.72. The second-order valence-electron chi connectivity index (χ2n) is 5.72.